The number of nitrogens with two attached hydrogens (primary N) is 1. The minimum Gasteiger partial charge on any atom is -0.368 e. The maximum Gasteiger partial charge on any atom is 0.243 e. The van der Waals surface area contributed by atoms with Crippen LogP contribution in [0.4, 0.5) is 5.69 Å². The van der Waals surface area contributed by atoms with Gasteiger partial charge in [0.25, 0.3) is 0 Å². The standard InChI is InChI=1S/C21H25N5O4S2/c1-2-19(27)25-20-15(17-9-5-11-31-17)7-4-10-18(20)32(29,30)26-16(21(22)28)8-3-6-14-12-23-13-24-14/h4-5,7,9-13,16,26H,2-3,6,8H2,1H3,(H2,22,28)(H,23,24)(H,25,27). The van der Waals surface area contributed by atoms with E-state index >= 15 is 0 Å². The molecule has 0 aliphatic heterocycles. The molecule has 3 rings (SSSR count). The molecule has 1 aromatic carbocycles. The van der Waals surface area contributed by atoms with Gasteiger partial charge in [-0.3, -0.25) is 9.59 Å². The summed E-state index contributed by atoms with van der Waals surface area (Å²) in [6, 6.07) is 7.33. The highest BCUT2D eigenvalue weighted by Crippen LogP contribution is 2.36. The molecule has 0 saturated carbocycles. The molecular weight excluding hydrogens is 450 g/mol. The molecule has 3 aromatic rings. The first-order valence-corrected chi connectivity index (χ1v) is 12.4. The number of primary amides is 1. The van der Waals surface area contributed by atoms with E-state index in [2.05, 4.69) is 20.0 Å². The first-order chi connectivity index (χ1) is 15.3. The van der Waals surface area contributed by atoms with Gasteiger partial charge in [0, 0.05) is 28.8 Å². The zero-order valence-corrected chi connectivity index (χ0v) is 19.1. The minimum absolute atomic E-state index is 0.120. The number of para-hydroxylation sites is 1. The van der Waals surface area contributed by atoms with E-state index in [4.69, 9.17) is 5.73 Å². The summed E-state index contributed by atoms with van der Waals surface area (Å²) in [7, 11) is -4.17. The number of aromatic amines is 1. The van der Waals surface area contributed by atoms with Crippen LogP contribution in [0.15, 0.2) is 53.1 Å². The number of aromatic nitrogens is 2. The molecule has 32 heavy (non-hydrogen) atoms. The van der Waals surface area contributed by atoms with Crippen LogP contribution in [-0.4, -0.2) is 36.2 Å². The van der Waals surface area contributed by atoms with Crippen molar-refractivity contribution in [1.29, 1.82) is 0 Å². The normalized spacial score (nSPS) is 12.4. The number of imidazole rings is 1. The first kappa shape index (κ1) is 23.6. The molecule has 0 spiro atoms. The van der Waals surface area contributed by atoms with Gasteiger partial charge in [-0.25, -0.2) is 13.4 Å². The van der Waals surface area contributed by atoms with E-state index in [9.17, 15) is 18.0 Å². The fourth-order valence-electron chi connectivity index (χ4n) is 3.18. The largest absolute Gasteiger partial charge is 0.368 e. The van der Waals surface area contributed by atoms with Gasteiger partial charge in [0.2, 0.25) is 21.8 Å². The Kier molecular flexibility index (Phi) is 7.78. The van der Waals surface area contributed by atoms with E-state index in [1.165, 1.54) is 17.4 Å². The summed E-state index contributed by atoms with van der Waals surface area (Å²) in [6.45, 7) is 1.68. The van der Waals surface area contributed by atoms with Crippen molar-refractivity contribution in [1.82, 2.24) is 14.7 Å². The van der Waals surface area contributed by atoms with E-state index in [1.54, 1.807) is 31.6 Å². The number of carbonyl (C=O) groups excluding carboxylic acids is 2. The number of H-pyrrole nitrogens is 1. The zero-order chi connectivity index (χ0) is 23.1. The third kappa shape index (κ3) is 5.81. The lowest BCUT2D eigenvalue weighted by atomic mass is 10.1. The van der Waals surface area contributed by atoms with Crippen molar-refractivity contribution in [3.63, 3.8) is 0 Å². The van der Waals surface area contributed by atoms with E-state index in [-0.39, 0.29) is 29.3 Å². The molecule has 5 N–H and O–H groups in total. The average Bonchev–Trinajstić information content (AvgIpc) is 3.47. The number of carbonyl (C=O) groups is 2. The molecule has 0 aliphatic carbocycles. The monoisotopic (exact) mass is 475 g/mol. The third-order valence-electron chi connectivity index (χ3n) is 4.82. The number of hydrogen-bond donors (Lipinski definition) is 4. The molecule has 2 heterocycles. The fraction of sp³-hybridized carbons (Fsp3) is 0.286. The Bertz CT molecular complexity index is 1160. The number of sulfonamides is 1. The third-order valence-corrected chi connectivity index (χ3v) is 7.24. The summed E-state index contributed by atoms with van der Waals surface area (Å²) in [6.07, 6.45) is 4.74. The van der Waals surface area contributed by atoms with Gasteiger partial charge in [0.05, 0.1) is 12.0 Å². The summed E-state index contributed by atoms with van der Waals surface area (Å²) in [5, 5.41) is 4.57. The maximum absolute atomic E-state index is 13.3. The van der Waals surface area contributed by atoms with Gasteiger partial charge in [-0.15, -0.1) is 11.3 Å². The van der Waals surface area contributed by atoms with Crippen molar-refractivity contribution in [3.05, 3.63) is 53.9 Å². The van der Waals surface area contributed by atoms with Gasteiger partial charge in [-0.05, 0) is 36.8 Å². The number of anilines is 1. The van der Waals surface area contributed by atoms with Crippen LogP contribution < -0.4 is 15.8 Å². The average molecular weight is 476 g/mol. The molecule has 2 aromatic heterocycles. The highest BCUT2D eigenvalue weighted by molar-refractivity contribution is 7.89. The second-order valence-corrected chi connectivity index (χ2v) is 9.73. The van der Waals surface area contributed by atoms with Gasteiger partial charge in [-0.1, -0.05) is 25.1 Å². The SMILES string of the molecule is CCC(=O)Nc1c(-c2cccs2)cccc1S(=O)(=O)NC(CCCc1cnc[nH]1)C(N)=O. The smallest absolute Gasteiger partial charge is 0.243 e. The van der Waals surface area contributed by atoms with Gasteiger partial charge in [-0.2, -0.15) is 4.72 Å². The Labute approximate surface area is 190 Å². The van der Waals surface area contributed by atoms with E-state index in [1.807, 2.05) is 17.5 Å². The lowest BCUT2D eigenvalue weighted by molar-refractivity contribution is -0.119. The number of amides is 2. The van der Waals surface area contributed by atoms with Crippen molar-refractivity contribution >= 4 is 38.9 Å². The summed E-state index contributed by atoms with van der Waals surface area (Å²) in [5.74, 6) is -1.09. The number of nitrogens with one attached hydrogen (secondary N) is 3. The molecule has 11 heteroatoms. The number of benzene rings is 1. The summed E-state index contributed by atoms with van der Waals surface area (Å²) >= 11 is 1.42. The topological polar surface area (TPSA) is 147 Å². The highest BCUT2D eigenvalue weighted by atomic mass is 32.2. The lowest BCUT2D eigenvalue weighted by Crippen LogP contribution is -2.44. The number of nitrogens with zero attached hydrogens (tertiary/aromatic N) is 1. The molecular formula is C21H25N5O4S2. The fourth-order valence-corrected chi connectivity index (χ4v) is 5.36. The van der Waals surface area contributed by atoms with Gasteiger partial charge in [0.1, 0.15) is 10.9 Å². The van der Waals surface area contributed by atoms with E-state index < -0.39 is 22.0 Å². The molecule has 9 nitrogen and oxygen atoms in total. The van der Waals surface area contributed by atoms with E-state index in [0.29, 0.717) is 18.4 Å². The molecule has 1 atom stereocenters. The second-order valence-electron chi connectivity index (χ2n) is 7.10. The van der Waals surface area contributed by atoms with Crippen LogP contribution in [0.1, 0.15) is 31.9 Å². The van der Waals surface area contributed by atoms with Crippen LogP contribution in [0, 0.1) is 0 Å². The molecule has 0 radical (unpaired) electrons. The number of rotatable bonds is 11. The Morgan fingerprint density at radius 1 is 1.25 bits per heavy atom. The molecule has 0 fully saturated rings. The molecule has 2 amide bonds. The predicted octanol–water partition coefficient (Wildman–Crippen LogP) is 2.64. The van der Waals surface area contributed by atoms with Crippen LogP contribution in [0.3, 0.4) is 0 Å². The van der Waals surface area contributed by atoms with Crippen molar-refractivity contribution in [2.75, 3.05) is 5.32 Å². The van der Waals surface area contributed by atoms with E-state index in [0.717, 1.165) is 10.6 Å². The molecule has 0 aliphatic rings. The van der Waals surface area contributed by atoms with Gasteiger partial charge >= 0.3 is 0 Å². The Hall–Kier alpha value is -3.02. The maximum atomic E-state index is 13.3. The van der Waals surface area contributed by atoms with Crippen molar-refractivity contribution < 1.29 is 18.0 Å². The van der Waals surface area contributed by atoms with Crippen molar-refractivity contribution in [2.45, 2.75) is 43.5 Å². The molecule has 0 bridgehead atoms. The number of aryl methyl sites for hydroxylation is 1. The second kappa shape index (κ2) is 10.5. The zero-order valence-electron chi connectivity index (χ0n) is 17.5. The summed E-state index contributed by atoms with van der Waals surface area (Å²) < 4.78 is 29.0. The number of hydrogen-bond acceptors (Lipinski definition) is 6. The molecule has 1 unspecified atom stereocenters. The van der Waals surface area contributed by atoms with Crippen LogP contribution >= 0.6 is 11.3 Å². The quantitative estimate of drug-likeness (QED) is 0.337. The van der Waals surface area contributed by atoms with Crippen LogP contribution in [0.25, 0.3) is 10.4 Å². The summed E-state index contributed by atoms with van der Waals surface area (Å²) in [5.41, 5.74) is 7.11. The van der Waals surface area contributed by atoms with Crippen LogP contribution in [0.2, 0.25) is 0 Å². The van der Waals surface area contributed by atoms with Crippen LogP contribution in [0.5, 0.6) is 0 Å². The Morgan fingerprint density at radius 2 is 2.06 bits per heavy atom. The number of thiophene rings is 1. The lowest BCUT2D eigenvalue weighted by Gasteiger charge is -2.19. The highest BCUT2D eigenvalue weighted by Gasteiger charge is 2.28. The summed E-state index contributed by atoms with van der Waals surface area (Å²) in [4.78, 5) is 31.7. The first-order valence-electron chi connectivity index (χ1n) is 10.1. The predicted molar refractivity (Wildman–Crippen MR) is 124 cm³/mol. The van der Waals surface area contributed by atoms with Crippen molar-refractivity contribution in [3.8, 4) is 10.4 Å². The van der Waals surface area contributed by atoms with Gasteiger partial charge < -0.3 is 16.0 Å². The Balaban J connectivity index is 1.89. The van der Waals surface area contributed by atoms with Crippen LogP contribution in [-0.2, 0) is 26.0 Å². The molecule has 170 valence electrons. The molecule has 0 saturated heterocycles. The van der Waals surface area contributed by atoms with Crippen molar-refractivity contribution in [2.24, 2.45) is 5.73 Å². The minimum atomic E-state index is -4.17. The Morgan fingerprint density at radius 3 is 2.69 bits per heavy atom. The van der Waals surface area contributed by atoms with Gasteiger partial charge in [0.15, 0.2) is 0 Å².